The van der Waals surface area contributed by atoms with E-state index in [1.54, 1.807) is 24.3 Å². The van der Waals surface area contributed by atoms with Gasteiger partial charge in [0.2, 0.25) is 0 Å². The van der Waals surface area contributed by atoms with Crippen LogP contribution in [0.5, 0.6) is 0 Å². The van der Waals surface area contributed by atoms with E-state index in [1.165, 1.54) is 0 Å². The van der Waals surface area contributed by atoms with E-state index in [2.05, 4.69) is 4.84 Å². The van der Waals surface area contributed by atoms with Gasteiger partial charge in [-0.2, -0.15) is 11.2 Å². The van der Waals surface area contributed by atoms with Crippen LogP contribution in [0.1, 0.15) is 30.4 Å². The van der Waals surface area contributed by atoms with Gasteiger partial charge in [-0.1, -0.05) is 19.1 Å². The Hall–Kier alpha value is -1.86. The molecule has 1 atom stereocenters. The van der Waals surface area contributed by atoms with Crippen molar-refractivity contribution >= 4 is 5.97 Å². The standard InChI is InChI=1S/C11H12N2O2/c1-2-10(11(14)15-13)9-5-3-8(7-12)4-6-9/h3-6,10H,2,13H2,1H3/t10-/m0/s1. The number of nitrogens with zero attached hydrogens (tertiary/aromatic N) is 1. The van der Waals surface area contributed by atoms with Gasteiger partial charge in [0.1, 0.15) is 0 Å². The van der Waals surface area contributed by atoms with E-state index < -0.39 is 5.97 Å². The fourth-order valence-electron chi connectivity index (χ4n) is 1.41. The molecule has 1 rings (SSSR count). The molecule has 1 aromatic carbocycles. The van der Waals surface area contributed by atoms with Crippen molar-refractivity contribution < 1.29 is 9.63 Å². The van der Waals surface area contributed by atoms with Crippen LogP contribution in [0.4, 0.5) is 0 Å². The number of rotatable bonds is 3. The van der Waals surface area contributed by atoms with Gasteiger partial charge in [-0.15, -0.1) is 0 Å². The average molecular weight is 204 g/mol. The molecule has 0 bridgehead atoms. The van der Waals surface area contributed by atoms with Gasteiger partial charge >= 0.3 is 5.97 Å². The summed E-state index contributed by atoms with van der Waals surface area (Å²) in [7, 11) is 0. The molecule has 0 saturated carbocycles. The molecule has 4 heteroatoms. The lowest BCUT2D eigenvalue weighted by Crippen LogP contribution is -2.18. The Bertz CT molecular complexity index is 379. The number of carbonyl (C=O) groups is 1. The Balaban J connectivity index is 2.94. The summed E-state index contributed by atoms with van der Waals surface area (Å²) in [5, 5.41) is 8.62. The first-order valence-electron chi connectivity index (χ1n) is 4.63. The first kappa shape index (κ1) is 11.2. The lowest BCUT2D eigenvalue weighted by atomic mass is 9.96. The third kappa shape index (κ3) is 2.55. The van der Waals surface area contributed by atoms with Gasteiger partial charge in [-0.3, -0.25) is 0 Å². The van der Waals surface area contributed by atoms with E-state index in [4.69, 9.17) is 11.2 Å². The number of nitrogens with two attached hydrogens (primary N) is 1. The minimum absolute atomic E-state index is 0.359. The van der Waals surface area contributed by atoms with Gasteiger partial charge in [0.15, 0.2) is 0 Å². The van der Waals surface area contributed by atoms with Crippen molar-refractivity contribution in [2.75, 3.05) is 0 Å². The summed E-state index contributed by atoms with van der Waals surface area (Å²) in [5.41, 5.74) is 1.38. The number of carbonyl (C=O) groups excluding carboxylic acids is 1. The molecule has 0 aromatic heterocycles. The maximum absolute atomic E-state index is 11.3. The van der Waals surface area contributed by atoms with Crippen LogP contribution in [-0.2, 0) is 9.63 Å². The summed E-state index contributed by atoms with van der Waals surface area (Å²) in [4.78, 5) is 15.5. The first-order valence-corrected chi connectivity index (χ1v) is 4.63. The lowest BCUT2D eigenvalue weighted by molar-refractivity contribution is -0.146. The number of hydrogen-bond donors (Lipinski definition) is 1. The van der Waals surface area contributed by atoms with Crippen molar-refractivity contribution in [2.24, 2.45) is 5.90 Å². The van der Waals surface area contributed by atoms with Gasteiger partial charge < -0.3 is 4.84 Å². The molecule has 0 amide bonds. The van der Waals surface area contributed by atoms with Crippen molar-refractivity contribution in [1.82, 2.24) is 0 Å². The van der Waals surface area contributed by atoms with E-state index in [0.29, 0.717) is 12.0 Å². The van der Waals surface area contributed by atoms with Gasteiger partial charge in [0.25, 0.3) is 0 Å². The maximum Gasteiger partial charge on any atom is 0.331 e. The second kappa shape index (κ2) is 5.13. The fourth-order valence-corrected chi connectivity index (χ4v) is 1.41. The zero-order chi connectivity index (χ0) is 11.3. The summed E-state index contributed by atoms with van der Waals surface area (Å²) in [5.74, 6) is 4.03. The Kier molecular flexibility index (Phi) is 3.83. The average Bonchev–Trinajstić information content (AvgIpc) is 2.30. The second-order valence-corrected chi connectivity index (χ2v) is 3.13. The molecule has 78 valence electrons. The van der Waals surface area contributed by atoms with Crippen LogP contribution in [0.2, 0.25) is 0 Å². The number of benzene rings is 1. The molecule has 0 spiro atoms. The minimum atomic E-state index is -0.456. The molecule has 0 radical (unpaired) electrons. The molecule has 0 aliphatic rings. The highest BCUT2D eigenvalue weighted by atomic mass is 16.7. The van der Waals surface area contributed by atoms with Crippen molar-refractivity contribution in [1.29, 1.82) is 5.26 Å². The third-order valence-corrected chi connectivity index (χ3v) is 2.25. The van der Waals surface area contributed by atoms with Crippen molar-refractivity contribution in [3.63, 3.8) is 0 Å². The topological polar surface area (TPSA) is 76.1 Å². The Labute approximate surface area is 88.2 Å². The maximum atomic E-state index is 11.3. The highest BCUT2D eigenvalue weighted by molar-refractivity contribution is 5.77. The Morgan fingerprint density at radius 3 is 2.53 bits per heavy atom. The molecular weight excluding hydrogens is 192 g/mol. The van der Waals surface area contributed by atoms with E-state index in [0.717, 1.165) is 5.56 Å². The van der Waals surface area contributed by atoms with E-state index in [9.17, 15) is 4.79 Å². The molecule has 0 aliphatic carbocycles. The highest BCUT2D eigenvalue weighted by Crippen LogP contribution is 2.20. The molecule has 2 N–H and O–H groups in total. The van der Waals surface area contributed by atoms with Crippen molar-refractivity contribution in [2.45, 2.75) is 19.3 Å². The molecule has 0 fully saturated rings. The van der Waals surface area contributed by atoms with E-state index in [1.807, 2.05) is 13.0 Å². The summed E-state index contributed by atoms with van der Waals surface area (Å²) in [6.45, 7) is 1.87. The summed E-state index contributed by atoms with van der Waals surface area (Å²) < 4.78 is 0. The Morgan fingerprint density at radius 1 is 1.53 bits per heavy atom. The normalized spacial score (nSPS) is 11.5. The SMILES string of the molecule is CC[C@H](C(=O)ON)c1ccc(C#N)cc1. The minimum Gasteiger partial charge on any atom is -0.373 e. The third-order valence-electron chi connectivity index (χ3n) is 2.25. The molecule has 0 heterocycles. The summed E-state index contributed by atoms with van der Waals surface area (Å²) in [6, 6.07) is 8.83. The predicted molar refractivity (Wildman–Crippen MR) is 54.5 cm³/mol. The van der Waals surface area contributed by atoms with Gasteiger partial charge in [0.05, 0.1) is 17.6 Å². The number of hydrogen-bond acceptors (Lipinski definition) is 4. The summed E-state index contributed by atoms with van der Waals surface area (Å²) >= 11 is 0. The molecule has 0 unspecified atom stereocenters. The van der Waals surface area contributed by atoms with Crippen LogP contribution in [0, 0.1) is 11.3 Å². The van der Waals surface area contributed by atoms with E-state index in [-0.39, 0.29) is 5.92 Å². The molecule has 15 heavy (non-hydrogen) atoms. The molecule has 0 saturated heterocycles. The van der Waals surface area contributed by atoms with Crippen LogP contribution >= 0.6 is 0 Å². The van der Waals surface area contributed by atoms with Crippen LogP contribution in [0.25, 0.3) is 0 Å². The molecular formula is C11H12N2O2. The quantitative estimate of drug-likeness (QED) is 0.756. The zero-order valence-electron chi connectivity index (χ0n) is 8.43. The lowest BCUT2D eigenvalue weighted by Gasteiger charge is -2.11. The second-order valence-electron chi connectivity index (χ2n) is 3.13. The van der Waals surface area contributed by atoms with Crippen LogP contribution in [0.3, 0.4) is 0 Å². The highest BCUT2D eigenvalue weighted by Gasteiger charge is 2.19. The summed E-state index contributed by atoms with van der Waals surface area (Å²) in [6.07, 6.45) is 0.613. The fraction of sp³-hybridized carbons (Fsp3) is 0.273. The smallest absolute Gasteiger partial charge is 0.331 e. The molecule has 1 aromatic rings. The monoisotopic (exact) mass is 204 g/mol. The van der Waals surface area contributed by atoms with Crippen LogP contribution in [0.15, 0.2) is 24.3 Å². The van der Waals surface area contributed by atoms with Gasteiger partial charge in [-0.25, -0.2) is 4.79 Å². The van der Waals surface area contributed by atoms with E-state index >= 15 is 0 Å². The van der Waals surface area contributed by atoms with Gasteiger partial charge in [-0.05, 0) is 24.1 Å². The number of nitriles is 1. The van der Waals surface area contributed by atoms with Crippen LogP contribution < -0.4 is 5.90 Å². The largest absolute Gasteiger partial charge is 0.373 e. The predicted octanol–water partition coefficient (Wildman–Crippen LogP) is 1.47. The van der Waals surface area contributed by atoms with Crippen molar-refractivity contribution in [3.8, 4) is 6.07 Å². The van der Waals surface area contributed by atoms with Gasteiger partial charge in [0, 0.05) is 0 Å². The first-order chi connectivity index (χ1) is 7.22. The van der Waals surface area contributed by atoms with Crippen LogP contribution in [-0.4, -0.2) is 5.97 Å². The molecule has 0 aliphatic heterocycles. The molecule has 4 nitrogen and oxygen atoms in total. The van der Waals surface area contributed by atoms with Crippen molar-refractivity contribution in [3.05, 3.63) is 35.4 Å². The zero-order valence-corrected chi connectivity index (χ0v) is 8.43. The Morgan fingerprint density at radius 2 is 2.13 bits per heavy atom.